The fourth-order valence-electron chi connectivity index (χ4n) is 4.35. The molecule has 0 saturated carbocycles. The number of alkyl halides is 3. The van der Waals surface area contributed by atoms with Gasteiger partial charge in [0.2, 0.25) is 17.8 Å². The molecule has 2 heterocycles. The highest BCUT2D eigenvalue weighted by atomic mass is 19.4. The van der Waals surface area contributed by atoms with Gasteiger partial charge in [-0.3, -0.25) is 0 Å². The third-order valence-electron chi connectivity index (χ3n) is 6.50. The molecule has 42 heavy (non-hydrogen) atoms. The normalized spacial score (nSPS) is 13.6. The van der Waals surface area contributed by atoms with Crippen LogP contribution in [0.3, 0.4) is 0 Å². The van der Waals surface area contributed by atoms with Crippen LogP contribution in [0, 0.1) is 0 Å². The van der Waals surface area contributed by atoms with E-state index in [0.29, 0.717) is 37.0 Å². The van der Waals surface area contributed by atoms with E-state index in [1.165, 1.54) is 16.3 Å². The summed E-state index contributed by atoms with van der Waals surface area (Å²) in [7, 11) is 0. The molecule has 1 aliphatic heterocycles. The van der Waals surface area contributed by atoms with Crippen molar-refractivity contribution in [2.24, 2.45) is 0 Å². The summed E-state index contributed by atoms with van der Waals surface area (Å²) in [6, 6.07) is 22.3. The van der Waals surface area contributed by atoms with Crippen LogP contribution < -0.4 is 21.3 Å². The molecule has 13 heteroatoms. The average Bonchev–Trinajstić information content (AvgIpc) is 2.97. The SMILES string of the molecule is O=C(O)C(F)(F)F.Oc1ccc(CCNc2nc(NCc3cccc4ccccc34)nc(NC3CCNCC3)n2)cc1. The summed E-state index contributed by atoms with van der Waals surface area (Å²) in [6.07, 6.45) is -2.22. The Labute approximate surface area is 240 Å². The fraction of sp³-hybridized carbons (Fsp3) is 0.310. The van der Waals surface area contributed by atoms with Gasteiger partial charge in [-0.05, 0) is 66.4 Å². The lowest BCUT2D eigenvalue weighted by Crippen LogP contribution is -2.35. The number of fused-ring (bicyclic) bond motifs is 1. The average molecular weight is 584 g/mol. The fourth-order valence-corrected chi connectivity index (χ4v) is 4.35. The van der Waals surface area contributed by atoms with Crippen molar-refractivity contribution in [3.8, 4) is 5.75 Å². The van der Waals surface area contributed by atoms with Gasteiger partial charge in [0.1, 0.15) is 5.75 Å². The van der Waals surface area contributed by atoms with Gasteiger partial charge in [-0.15, -0.1) is 0 Å². The Balaban J connectivity index is 0.000000517. The van der Waals surface area contributed by atoms with Crippen LogP contribution in [-0.4, -0.2) is 63.0 Å². The van der Waals surface area contributed by atoms with Gasteiger partial charge in [-0.25, -0.2) is 4.79 Å². The Morgan fingerprint density at radius 3 is 2.19 bits per heavy atom. The number of rotatable bonds is 9. The highest BCUT2D eigenvalue weighted by Gasteiger charge is 2.38. The van der Waals surface area contributed by atoms with E-state index in [9.17, 15) is 18.3 Å². The number of aromatic hydroxyl groups is 1. The highest BCUT2D eigenvalue weighted by Crippen LogP contribution is 2.20. The molecule has 1 fully saturated rings. The molecule has 0 aliphatic carbocycles. The van der Waals surface area contributed by atoms with Crippen LogP contribution in [0.5, 0.6) is 5.75 Å². The number of hydrogen-bond acceptors (Lipinski definition) is 9. The van der Waals surface area contributed by atoms with E-state index in [-0.39, 0.29) is 5.75 Å². The molecule has 0 spiro atoms. The van der Waals surface area contributed by atoms with Crippen molar-refractivity contribution >= 4 is 34.6 Å². The number of piperidine rings is 1. The Morgan fingerprint density at radius 1 is 0.881 bits per heavy atom. The molecule has 5 rings (SSSR count). The molecule has 1 saturated heterocycles. The van der Waals surface area contributed by atoms with Crippen LogP contribution in [0.1, 0.15) is 24.0 Å². The first-order chi connectivity index (χ1) is 20.2. The van der Waals surface area contributed by atoms with Crippen molar-refractivity contribution in [2.45, 2.75) is 38.0 Å². The first-order valence-corrected chi connectivity index (χ1v) is 13.4. The topological polar surface area (TPSA) is 144 Å². The van der Waals surface area contributed by atoms with Crippen LogP contribution >= 0.6 is 0 Å². The van der Waals surface area contributed by atoms with E-state index in [4.69, 9.17) is 9.90 Å². The van der Waals surface area contributed by atoms with Crippen molar-refractivity contribution in [3.63, 3.8) is 0 Å². The summed E-state index contributed by atoms with van der Waals surface area (Å²) < 4.78 is 31.7. The number of benzene rings is 3. The van der Waals surface area contributed by atoms with E-state index >= 15 is 0 Å². The molecular weight excluding hydrogens is 551 g/mol. The maximum atomic E-state index is 10.6. The van der Waals surface area contributed by atoms with Gasteiger partial charge in [0.05, 0.1) is 0 Å². The van der Waals surface area contributed by atoms with Gasteiger partial charge >= 0.3 is 12.1 Å². The number of hydrogen-bond donors (Lipinski definition) is 6. The number of aliphatic carboxylic acids is 1. The van der Waals surface area contributed by atoms with Crippen LogP contribution in [0.4, 0.5) is 31.0 Å². The number of halogens is 3. The second kappa shape index (κ2) is 14.3. The second-order valence-electron chi connectivity index (χ2n) is 9.61. The van der Waals surface area contributed by atoms with Gasteiger partial charge in [-0.1, -0.05) is 54.6 Å². The van der Waals surface area contributed by atoms with Crippen molar-refractivity contribution < 1.29 is 28.2 Å². The molecule has 0 unspecified atom stereocenters. The molecule has 3 aromatic carbocycles. The first-order valence-electron chi connectivity index (χ1n) is 13.4. The third kappa shape index (κ3) is 9.20. The quantitative estimate of drug-likeness (QED) is 0.163. The minimum Gasteiger partial charge on any atom is -0.508 e. The first kappa shape index (κ1) is 30.3. The largest absolute Gasteiger partial charge is 0.508 e. The molecule has 0 radical (unpaired) electrons. The molecule has 10 nitrogen and oxygen atoms in total. The van der Waals surface area contributed by atoms with Crippen molar-refractivity contribution in [1.82, 2.24) is 20.3 Å². The van der Waals surface area contributed by atoms with Gasteiger partial charge in [-0.2, -0.15) is 28.1 Å². The Bertz CT molecular complexity index is 1460. The summed E-state index contributed by atoms with van der Waals surface area (Å²) in [5, 5.41) is 32.7. The van der Waals surface area contributed by atoms with E-state index in [0.717, 1.165) is 37.9 Å². The zero-order chi connectivity index (χ0) is 30.0. The molecule has 4 aromatic rings. The van der Waals surface area contributed by atoms with Crippen LogP contribution in [0.25, 0.3) is 10.8 Å². The molecule has 6 N–H and O–H groups in total. The second-order valence-corrected chi connectivity index (χ2v) is 9.61. The number of carboxylic acids is 1. The minimum atomic E-state index is -5.08. The highest BCUT2D eigenvalue weighted by molar-refractivity contribution is 5.85. The number of aromatic nitrogens is 3. The van der Waals surface area contributed by atoms with Gasteiger partial charge in [0, 0.05) is 19.1 Å². The third-order valence-corrected chi connectivity index (χ3v) is 6.50. The molecule has 1 aromatic heterocycles. The number of phenolic OH excluding ortho intramolecular Hbond substituents is 1. The Morgan fingerprint density at radius 2 is 1.50 bits per heavy atom. The predicted octanol–water partition coefficient (Wildman–Crippen LogP) is 4.79. The van der Waals surface area contributed by atoms with Crippen LogP contribution in [0.2, 0.25) is 0 Å². The van der Waals surface area contributed by atoms with Crippen LogP contribution in [0.15, 0.2) is 66.7 Å². The lowest BCUT2D eigenvalue weighted by atomic mass is 10.0. The lowest BCUT2D eigenvalue weighted by molar-refractivity contribution is -0.192. The molecule has 0 bridgehead atoms. The molecule has 222 valence electrons. The predicted molar refractivity (Wildman–Crippen MR) is 155 cm³/mol. The zero-order valence-electron chi connectivity index (χ0n) is 22.7. The van der Waals surface area contributed by atoms with Crippen molar-refractivity contribution in [1.29, 1.82) is 0 Å². The molecule has 0 amide bonds. The molecule has 0 atom stereocenters. The zero-order valence-corrected chi connectivity index (χ0v) is 22.7. The van der Waals surface area contributed by atoms with Crippen LogP contribution in [-0.2, 0) is 17.8 Å². The summed E-state index contributed by atoms with van der Waals surface area (Å²) in [5.41, 5.74) is 2.32. The summed E-state index contributed by atoms with van der Waals surface area (Å²) in [6.45, 7) is 3.27. The van der Waals surface area contributed by atoms with Crippen molar-refractivity contribution in [2.75, 3.05) is 35.6 Å². The number of nitrogens with zero attached hydrogens (tertiary/aromatic N) is 3. The van der Waals surface area contributed by atoms with Gasteiger partial charge in [0.15, 0.2) is 0 Å². The lowest BCUT2D eigenvalue weighted by Gasteiger charge is -2.24. The summed E-state index contributed by atoms with van der Waals surface area (Å²) in [5.74, 6) is -0.825. The number of phenols is 1. The summed E-state index contributed by atoms with van der Waals surface area (Å²) >= 11 is 0. The summed E-state index contributed by atoms with van der Waals surface area (Å²) in [4.78, 5) is 22.8. The Kier molecular flexibility index (Phi) is 10.3. The molecular formula is C29H32F3N7O3. The monoisotopic (exact) mass is 583 g/mol. The smallest absolute Gasteiger partial charge is 0.490 e. The molecule has 1 aliphatic rings. The minimum absolute atomic E-state index is 0.273. The maximum Gasteiger partial charge on any atom is 0.490 e. The van der Waals surface area contributed by atoms with Gasteiger partial charge in [0.25, 0.3) is 0 Å². The van der Waals surface area contributed by atoms with E-state index in [1.54, 1.807) is 12.1 Å². The number of carbonyl (C=O) groups is 1. The Hall–Kier alpha value is -4.65. The van der Waals surface area contributed by atoms with Gasteiger partial charge < -0.3 is 31.5 Å². The number of carboxylic acid groups (broad SMARTS) is 1. The number of anilines is 3. The standard InChI is InChI=1S/C27H31N7O.C2HF3O2/c35-23-10-8-19(9-11-23)12-17-29-25-32-26(34-27(33-25)31-22-13-15-28-16-14-22)30-18-21-6-3-5-20-4-1-2-7-24(20)21;3-2(4,5)1(6)7/h1-11,22,28,35H,12-18H2,(H3,29,30,31,32,33,34);(H,6,7). The van der Waals surface area contributed by atoms with E-state index in [1.807, 2.05) is 12.1 Å². The van der Waals surface area contributed by atoms with Crippen molar-refractivity contribution in [3.05, 3.63) is 77.9 Å². The number of nitrogens with one attached hydrogen (secondary N) is 4. The maximum absolute atomic E-state index is 10.6. The van der Waals surface area contributed by atoms with E-state index in [2.05, 4.69) is 78.7 Å². The van der Waals surface area contributed by atoms with E-state index < -0.39 is 12.1 Å².